The lowest BCUT2D eigenvalue weighted by atomic mass is 10.1. The van der Waals surface area contributed by atoms with Crippen molar-refractivity contribution >= 4 is 51.8 Å². The zero-order chi connectivity index (χ0) is 28.4. The molecule has 1 aliphatic heterocycles. The maximum Gasteiger partial charge on any atom is 0.520 e. The van der Waals surface area contributed by atoms with Gasteiger partial charge >= 0.3 is 12.1 Å². The molecule has 1 aromatic heterocycles. The fourth-order valence-electron chi connectivity index (χ4n) is 5.39. The van der Waals surface area contributed by atoms with Crippen LogP contribution in [0.1, 0.15) is 47.1 Å². The normalized spacial score (nSPS) is 18.5. The van der Waals surface area contributed by atoms with E-state index in [4.69, 9.17) is 11.6 Å². The van der Waals surface area contributed by atoms with Crippen LogP contribution in [0.3, 0.4) is 0 Å². The number of amides is 2. The van der Waals surface area contributed by atoms with Crippen LogP contribution in [-0.2, 0) is 17.6 Å². The molecule has 1 saturated heterocycles. The van der Waals surface area contributed by atoms with E-state index in [1.54, 1.807) is 18.2 Å². The minimum atomic E-state index is -1.14. The molecule has 3 aromatic carbocycles. The molecular weight excluding hydrogens is 532 g/mol. The lowest BCUT2D eigenvalue weighted by Crippen LogP contribution is -2.57. The van der Waals surface area contributed by atoms with Gasteiger partial charge in [0.1, 0.15) is 17.0 Å². The molecule has 2 atom stereocenters. The molecule has 0 aliphatic carbocycles. The van der Waals surface area contributed by atoms with Crippen molar-refractivity contribution in [1.82, 2.24) is 14.5 Å². The first-order chi connectivity index (χ1) is 19.2. The first-order valence-electron chi connectivity index (χ1n) is 13.0. The van der Waals surface area contributed by atoms with E-state index in [0.29, 0.717) is 36.5 Å². The molecule has 9 nitrogen and oxygen atoms in total. The molecule has 0 bridgehead atoms. The number of aliphatic carboxylic acids is 1. The Kier molecular flexibility index (Phi) is 7.51. The van der Waals surface area contributed by atoms with Crippen LogP contribution in [0, 0.1) is 0 Å². The number of rotatable bonds is 7. The highest BCUT2D eigenvalue weighted by atomic mass is 35.5. The third-order valence-corrected chi connectivity index (χ3v) is 7.81. The van der Waals surface area contributed by atoms with Gasteiger partial charge in [0.25, 0.3) is 5.91 Å². The van der Waals surface area contributed by atoms with E-state index >= 15 is 0 Å². The van der Waals surface area contributed by atoms with Gasteiger partial charge in [0, 0.05) is 30.5 Å². The number of benzene rings is 3. The first-order valence-corrected chi connectivity index (χ1v) is 13.3. The number of nitrogens with zero attached hydrogens (tertiary/aromatic N) is 3. The lowest BCUT2D eigenvalue weighted by molar-refractivity contribution is -0.136. The Balaban J connectivity index is 1.39. The summed E-state index contributed by atoms with van der Waals surface area (Å²) in [5.74, 6) is -0.944. The van der Waals surface area contributed by atoms with Crippen LogP contribution >= 0.6 is 11.6 Å². The summed E-state index contributed by atoms with van der Waals surface area (Å²) in [6, 6.07) is 20.2. The van der Waals surface area contributed by atoms with Crippen LogP contribution in [0.4, 0.5) is 16.3 Å². The molecule has 10 heteroatoms. The number of carboxylic acids is 1. The zero-order valence-corrected chi connectivity index (χ0v) is 22.6. The minimum Gasteiger partial charge on any atom is -0.481 e. The fraction of sp³-hybridized carbons (Fsp3) is 0.233. The van der Waals surface area contributed by atoms with Gasteiger partial charge < -0.3 is 15.5 Å². The number of carboxylic acid groups (broad SMARTS) is 2. The van der Waals surface area contributed by atoms with Crippen molar-refractivity contribution in [2.24, 2.45) is 0 Å². The number of carbonyl (C=O) groups excluding carboxylic acids is 1. The molecular formula is C30H28ClN4O5+. The monoisotopic (exact) mass is 559 g/mol. The topological polar surface area (TPSA) is 129 Å². The zero-order valence-electron chi connectivity index (χ0n) is 21.8. The molecule has 2 amide bonds. The number of halogens is 1. The molecule has 1 unspecified atom stereocenters. The number of hydrogen-bond donors (Lipinski definition) is 3. The molecule has 40 heavy (non-hydrogen) atoms. The van der Waals surface area contributed by atoms with Gasteiger partial charge in [0.15, 0.2) is 0 Å². The lowest BCUT2D eigenvalue weighted by Gasteiger charge is -2.32. The predicted octanol–water partition coefficient (Wildman–Crippen LogP) is 5.92. The van der Waals surface area contributed by atoms with E-state index in [1.807, 2.05) is 55.5 Å². The summed E-state index contributed by atoms with van der Waals surface area (Å²) in [6.07, 6.45) is 0.0160. The standard InChI is InChI=1S/C30H27ClN4O5/c1-18-5-4-14-35(18,30(39)40)28-24(17-26(36)37)27(31)33-25(34-28)15-19-8-12-23(13-9-19)32-29(38)22-11-10-20-6-2-3-7-21(20)16-22/h2-3,6-13,16,18H,4-5,14-15,17H2,1H3,(H2-,32,36,37,38,39,40)/p+1/t18-,35?/m1/s1. The molecule has 0 radical (unpaired) electrons. The maximum absolute atomic E-state index is 12.8. The molecule has 3 N–H and O–H groups in total. The molecule has 0 spiro atoms. The Morgan fingerprint density at radius 2 is 1.73 bits per heavy atom. The van der Waals surface area contributed by atoms with Crippen LogP contribution in [0.5, 0.6) is 0 Å². The first kappa shape index (κ1) is 27.2. The van der Waals surface area contributed by atoms with Crippen LogP contribution < -0.4 is 9.80 Å². The molecule has 5 rings (SSSR count). The van der Waals surface area contributed by atoms with Gasteiger partial charge in [-0.15, -0.1) is 0 Å². The number of carbonyl (C=O) groups is 3. The Labute approximate surface area is 235 Å². The predicted molar refractivity (Wildman–Crippen MR) is 153 cm³/mol. The van der Waals surface area contributed by atoms with Gasteiger partial charge in [-0.3, -0.25) is 9.59 Å². The van der Waals surface area contributed by atoms with Gasteiger partial charge in [0.05, 0.1) is 18.5 Å². The highest BCUT2D eigenvalue weighted by Crippen LogP contribution is 2.38. The molecule has 4 aromatic rings. The van der Waals surface area contributed by atoms with Crippen LogP contribution in [-0.4, -0.2) is 50.7 Å². The third kappa shape index (κ3) is 5.25. The number of likely N-dealkylation sites (tertiary alicyclic amines) is 1. The van der Waals surface area contributed by atoms with Crippen LogP contribution in [0.2, 0.25) is 5.15 Å². The number of aromatic nitrogens is 2. The quantitative estimate of drug-likeness (QED) is 0.189. The summed E-state index contributed by atoms with van der Waals surface area (Å²) >= 11 is 6.45. The minimum absolute atomic E-state index is 0.0560. The van der Waals surface area contributed by atoms with Crippen molar-refractivity contribution in [3.05, 3.63) is 94.4 Å². The Morgan fingerprint density at radius 3 is 2.38 bits per heavy atom. The highest BCUT2D eigenvalue weighted by Gasteiger charge is 2.51. The number of nitrogens with one attached hydrogen (secondary N) is 1. The van der Waals surface area contributed by atoms with Gasteiger partial charge in [-0.2, -0.15) is 14.3 Å². The Morgan fingerprint density at radius 1 is 1.00 bits per heavy atom. The highest BCUT2D eigenvalue weighted by molar-refractivity contribution is 6.30. The summed E-state index contributed by atoms with van der Waals surface area (Å²) in [5, 5.41) is 24.6. The van der Waals surface area contributed by atoms with Crippen molar-refractivity contribution < 1.29 is 24.6 Å². The summed E-state index contributed by atoms with van der Waals surface area (Å²) in [7, 11) is 0. The second-order valence-electron chi connectivity index (χ2n) is 10.1. The Hall–Kier alpha value is -4.34. The number of quaternary nitrogens is 1. The van der Waals surface area contributed by atoms with E-state index in [0.717, 1.165) is 16.3 Å². The van der Waals surface area contributed by atoms with E-state index in [-0.39, 0.29) is 34.9 Å². The fourth-order valence-corrected chi connectivity index (χ4v) is 5.64. The van der Waals surface area contributed by atoms with Crippen molar-refractivity contribution in [3.8, 4) is 0 Å². The SMILES string of the molecule is C[C@@H]1CCC[N+]1(C(=O)O)c1nc(Cc2ccc(NC(=O)c3ccc4ccccc4c3)cc2)nc(Cl)c1CC(=O)O. The van der Waals surface area contributed by atoms with E-state index in [9.17, 15) is 24.6 Å². The van der Waals surface area contributed by atoms with Crippen molar-refractivity contribution in [2.45, 2.75) is 38.6 Å². The van der Waals surface area contributed by atoms with Crippen molar-refractivity contribution in [2.75, 3.05) is 11.9 Å². The summed E-state index contributed by atoms with van der Waals surface area (Å²) in [5.41, 5.74) is 2.10. The largest absolute Gasteiger partial charge is 0.520 e. The Bertz CT molecular complexity index is 1620. The molecule has 1 aliphatic rings. The maximum atomic E-state index is 12.8. The van der Waals surface area contributed by atoms with Crippen molar-refractivity contribution in [1.29, 1.82) is 0 Å². The van der Waals surface area contributed by atoms with Crippen LogP contribution in [0.15, 0.2) is 66.7 Å². The van der Waals surface area contributed by atoms with Gasteiger partial charge in [-0.05, 0) is 47.5 Å². The summed E-state index contributed by atoms with van der Waals surface area (Å²) in [6.45, 7) is 2.12. The van der Waals surface area contributed by atoms with Gasteiger partial charge in [-0.25, -0.2) is 4.98 Å². The average Bonchev–Trinajstić information content (AvgIpc) is 3.32. The molecule has 2 heterocycles. The van der Waals surface area contributed by atoms with Crippen molar-refractivity contribution in [3.63, 3.8) is 0 Å². The van der Waals surface area contributed by atoms with Crippen LogP contribution in [0.25, 0.3) is 10.8 Å². The summed E-state index contributed by atoms with van der Waals surface area (Å²) < 4.78 is -0.475. The van der Waals surface area contributed by atoms with E-state index in [1.165, 1.54) is 0 Å². The average molecular weight is 560 g/mol. The smallest absolute Gasteiger partial charge is 0.481 e. The summed E-state index contributed by atoms with van der Waals surface area (Å²) in [4.78, 5) is 45.9. The third-order valence-electron chi connectivity index (χ3n) is 7.50. The number of fused-ring (bicyclic) bond motifs is 1. The second kappa shape index (κ2) is 11.0. The second-order valence-corrected chi connectivity index (χ2v) is 10.4. The molecule has 0 saturated carbocycles. The molecule has 1 fully saturated rings. The van der Waals surface area contributed by atoms with E-state index in [2.05, 4.69) is 15.3 Å². The molecule has 204 valence electrons. The van der Waals surface area contributed by atoms with Gasteiger partial charge in [0.2, 0.25) is 5.82 Å². The van der Waals surface area contributed by atoms with E-state index < -0.39 is 23.0 Å². The number of hydrogen-bond acceptors (Lipinski definition) is 5. The van der Waals surface area contributed by atoms with Gasteiger partial charge in [-0.1, -0.05) is 54.1 Å². The number of anilines is 1.